The van der Waals surface area contributed by atoms with Crippen LogP contribution in [-0.2, 0) is 0 Å². The molecule has 4 heteroatoms. The van der Waals surface area contributed by atoms with E-state index in [1.807, 2.05) is 30.3 Å². The highest BCUT2D eigenvalue weighted by Crippen LogP contribution is 2.29. The largest absolute Gasteiger partial charge is 0.497 e. The zero-order valence-corrected chi connectivity index (χ0v) is 12.9. The van der Waals surface area contributed by atoms with E-state index in [0.29, 0.717) is 11.0 Å². The minimum absolute atomic E-state index is 0.457. The summed E-state index contributed by atoms with van der Waals surface area (Å²) < 4.78 is 5.25. The third-order valence-corrected chi connectivity index (χ3v) is 3.99. The number of nitrogens with zero attached hydrogens (tertiary/aromatic N) is 2. The molecule has 0 saturated heterocycles. The van der Waals surface area contributed by atoms with Crippen LogP contribution in [0.25, 0.3) is 22.3 Å². The van der Waals surface area contributed by atoms with Crippen molar-refractivity contribution in [2.24, 2.45) is 0 Å². The van der Waals surface area contributed by atoms with E-state index in [9.17, 15) is 0 Å². The molecule has 3 aromatic rings. The van der Waals surface area contributed by atoms with Crippen LogP contribution in [0.1, 0.15) is 11.1 Å². The molecule has 0 aliphatic heterocycles. The molecule has 3 rings (SSSR count). The summed E-state index contributed by atoms with van der Waals surface area (Å²) in [6.07, 6.45) is 0. The Bertz CT molecular complexity index is 830. The number of rotatable bonds is 2. The van der Waals surface area contributed by atoms with Gasteiger partial charge in [0, 0.05) is 17.0 Å². The Balaban J connectivity index is 2.26. The van der Waals surface area contributed by atoms with Crippen LogP contribution in [0.3, 0.4) is 0 Å². The fourth-order valence-electron chi connectivity index (χ4n) is 2.31. The fraction of sp³-hybridized carbons (Fsp3) is 0.176. The molecule has 0 spiro atoms. The van der Waals surface area contributed by atoms with Crippen molar-refractivity contribution in [1.82, 2.24) is 9.97 Å². The summed E-state index contributed by atoms with van der Waals surface area (Å²) in [4.78, 5) is 9.08. The third kappa shape index (κ3) is 2.45. The van der Waals surface area contributed by atoms with Gasteiger partial charge < -0.3 is 4.74 Å². The van der Waals surface area contributed by atoms with Crippen LogP contribution in [0, 0.1) is 13.8 Å². The molecule has 21 heavy (non-hydrogen) atoms. The predicted molar refractivity (Wildman–Crippen MR) is 86.0 cm³/mol. The molecule has 0 fully saturated rings. The topological polar surface area (TPSA) is 35.0 Å². The van der Waals surface area contributed by atoms with Crippen LogP contribution in [0.5, 0.6) is 5.75 Å². The van der Waals surface area contributed by atoms with Gasteiger partial charge in [-0.2, -0.15) is 0 Å². The average molecular weight is 299 g/mol. The average Bonchev–Trinajstić information content (AvgIpc) is 2.49. The molecule has 0 radical (unpaired) electrons. The van der Waals surface area contributed by atoms with E-state index >= 15 is 0 Å². The Kier molecular flexibility index (Phi) is 3.52. The minimum Gasteiger partial charge on any atom is -0.497 e. The Morgan fingerprint density at radius 2 is 1.86 bits per heavy atom. The summed E-state index contributed by atoms with van der Waals surface area (Å²) in [5.41, 5.74) is 4.15. The highest BCUT2D eigenvalue weighted by Gasteiger charge is 2.11. The van der Waals surface area contributed by atoms with Gasteiger partial charge in [0.2, 0.25) is 0 Å². The number of hydrogen-bond acceptors (Lipinski definition) is 3. The molecule has 0 unspecified atom stereocenters. The monoisotopic (exact) mass is 298 g/mol. The first-order chi connectivity index (χ1) is 10.1. The van der Waals surface area contributed by atoms with Crippen LogP contribution < -0.4 is 4.74 Å². The lowest BCUT2D eigenvalue weighted by atomic mass is 10.0. The van der Waals surface area contributed by atoms with Gasteiger partial charge in [0.1, 0.15) is 10.9 Å². The summed E-state index contributed by atoms with van der Waals surface area (Å²) in [7, 11) is 1.63. The van der Waals surface area contributed by atoms with Gasteiger partial charge in [-0.25, -0.2) is 9.97 Å². The molecule has 2 aromatic carbocycles. The molecule has 0 saturated carbocycles. The number of benzene rings is 2. The Hall–Kier alpha value is -2.13. The van der Waals surface area contributed by atoms with Crippen LogP contribution in [0.15, 0.2) is 36.4 Å². The summed E-state index contributed by atoms with van der Waals surface area (Å²) in [5.74, 6) is 1.39. The maximum Gasteiger partial charge on any atom is 0.161 e. The molecule has 0 N–H and O–H groups in total. The van der Waals surface area contributed by atoms with Crippen molar-refractivity contribution < 1.29 is 4.74 Å². The lowest BCUT2D eigenvalue weighted by Gasteiger charge is -2.09. The second-order valence-corrected chi connectivity index (χ2v) is 5.33. The van der Waals surface area contributed by atoms with Crippen molar-refractivity contribution in [2.75, 3.05) is 7.11 Å². The molecule has 0 bridgehead atoms. The highest BCUT2D eigenvalue weighted by atomic mass is 35.5. The van der Waals surface area contributed by atoms with Crippen LogP contribution in [-0.4, -0.2) is 17.1 Å². The minimum atomic E-state index is 0.457. The third-order valence-electron chi connectivity index (χ3n) is 3.70. The second kappa shape index (κ2) is 5.34. The lowest BCUT2D eigenvalue weighted by Crippen LogP contribution is -1.95. The Morgan fingerprint density at radius 3 is 2.62 bits per heavy atom. The molecule has 0 atom stereocenters. The zero-order valence-electron chi connectivity index (χ0n) is 12.1. The van der Waals surface area contributed by atoms with E-state index in [2.05, 4.69) is 29.9 Å². The molecule has 0 amide bonds. The lowest BCUT2D eigenvalue weighted by molar-refractivity contribution is 0.415. The maximum absolute atomic E-state index is 6.31. The van der Waals surface area contributed by atoms with E-state index in [-0.39, 0.29) is 0 Å². The van der Waals surface area contributed by atoms with Crippen molar-refractivity contribution in [3.8, 4) is 17.1 Å². The van der Waals surface area contributed by atoms with Gasteiger partial charge in [0.15, 0.2) is 5.82 Å². The smallest absolute Gasteiger partial charge is 0.161 e. The van der Waals surface area contributed by atoms with Crippen molar-refractivity contribution in [1.29, 1.82) is 0 Å². The molecule has 1 aromatic heterocycles. The highest BCUT2D eigenvalue weighted by molar-refractivity contribution is 6.34. The molecule has 106 valence electrons. The molecule has 0 aliphatic carbocycles. The van der Waals surface area contributed by atoms with Crippen molar-refractivity contribution in [2.45, 2.75) is 13.8 Å². The van der Waals surface area contributed by atoms with Gasteiger partial charge >= 0.3 is 0 Å². The van der Waals surface area contributed by atoms with Crippen LogP contribution in [0.4, 0.5) is 0 Å². The van der Waals surface area contributed by atoms with E-state index in [0.717, 1.165) is 27.8 Å². The first kappa shape index (κ1) is 13.8. The SMILES string of the molecule is COc1ccc2c(Cl)nc(-c3cccc(C)c3C)nc2c1. The number of hydrogen-bond donors (Lipinski definition) is 0. The summed E-state index contributed by atoms with van der Waals surface area (Å²) >= 11 is 6.31. The standard InChI is InChI=1S/C17H15ClN2O/c1-10-5-4-6-13(11(10)2)17-19-15-9-12(21-3)7-8-14(15)16(18)20-17/h4-9H,1-3H3. The number of aromatic nitrogens is 2. The summed E-state index contributed by atoms with van der Waals surface area (Å²) in [6.45, 7) is 4.14. The number of aryl methyl sites for hydroxylation is 1. The fourth-order valence-corrected chi connectivity index (χ4v) is 2.55. The van der Waals surface area contributed by atoms with Crippen LogP contribution in [0.2, 0.25) is 5.15 Å². The van der Waals surface area contributed by atoms with Gasteiger partial charge in [-0.15, -0.1) is 0 Å². The summed E-state index contributed by atoms with van der Waals surface area (Å²) in [5, 5.41) is 1.28. The normalized spacial score (nSPS) is 10.9. The van der Waals surface area contributed by atoms with Crippen molar-refractivity contribution in [3.05, 3.63) is 52.7 Å². The van der Waals surface area contributed by atoms with Gasteiger partial charge in [0.25, 0.3) is 0 Å². The quantitative estimate of drug-likeness (QED) is 0.650. The first-order valence-electron chi connectivity index (χ1n) is 6.68. The molecular formula is C17H15ClN2O. The van der Waals surface area contributed by atoms with E-state index in [1.165, 1.54) is 5.56 Å². The predicted octanol–water partition coefficient (Wildman–Crippen LogP) is 4.58. The van der Waals surface area contributed by atoms with Gasteiger partial charge in [-0.3, -0.25) is 0 Å². The number of methoxy groups -OCH3 is 1. The maximum atomic E-state index is 6.31. The Morgan fingerprint density at radius 1 is 1.05 bits per heavy atom. The van der Waals surface area contributed by atoms with E-state index in [4.69, 9.17) is 16.3 Å². The van der Waals surface area contributed by atoms with Crippen molar-refractivity contribution >= 4 is 22.5 Å². The van der Waals surface area contributed by atoms with Gasteiger partial charge in [-0.05, 0) is 37.1 Å². The first-order valence-corrected chi connectivity index (χ1v) is 7.06. The summed E-state index contributed by atoms with van der Waals surface area (Å²) in [6, 6.07) is 11.7. The molecule has 1 heterocycles. The zero-order chi connectivity index (χ0) is 15.0. The van der Waals surface area contributed by atoms with Crippen LogP contribution >= 0.6 is 11.6 Å². The Labute approximate surface area is 128 Å². The van der Waals surface area contributed by atoms with Gasteiger partial charge in [-0.1, -0.05) is 29.8 Å². The van der Waals surface area contributed by atoms with E-state index in [1.54, 1.807) is 7.11 Å². The van der Waals surface area contributed by atoms with E-state index < -0.39 is 0 Å². The van der Waals surface area contributed by atoms with Crippen molar-refractivity contribution in [3.63, 3.8) is 0 Å². The van der Waals surface area contributed by atoms with Gasteiger partial charge in [0.05, 0.1) is 12.6 Å². The molecule has 3 nitrogen and oxygen atoms in total. The number of ether oxygens (including phenoxy) is 1. The number of halogens is 1. The second-order valence-electron chi connectivity index (χ2n) is 4.97. The molecule has 0 aliphatic rings. The number of fused-ring (bicyclic) bond motifs is 1. The molecular weight excluding hydrogens is 284 g/mol.